The third-order valence-corrected chi connectivity index (χ3v) is 2.82. The van der Waals surface area contributed by atoms with E-state index in [-0.39, 0.29) is 17.6 Å². The largest absolute Gasteiger partial charge is 0.507 e. The number of phenols is 2. The lowest BCUT2D eigenvalue weighted by Crippen LogP contribution is -2.25. The smallest absolute Gasteiger partial charge is 0.123 e. The molecular weight excluding hydrogens is 206 g/mol. The molecule has 1 aliphatic rings. The van der Waals surface area contributed by atoms with Gasteiger partial charge < -0.3 is 20.3 Å². The van der Waals surface area contributed by atoms with Gasteiger partial charge in [-0.3, -0.25) is 0 Å². The Bertz CT molecular complexity index is 328. The number of ether oxygens (including phenoxy) is 1. The first-order valence-electron chi connectivity index (χ1n) is 5.59. The number of nitrogens with one attached hydrogen (secondary N) is 1. The highest BCUT2D eigenvalue weighted by Crippen LogP contribution is 2.25. The summed E-state index contributed by atoms with van der Waals surface area (Å²) in [5.74, 6) is 0.250. The zero-order chi connectivity index (χ0) is 11.4. The number of hydrogen-bond acceptors (Lipinski definition) is 4. The van der Waals surface area contributed by atoms with Crippen LogP contribution in [0.15, 0.2) is 18.2 Å². The maximum absolute atomic E-state index is 9.55. The average molecular weight is 223 g/mol. The maximum atomic E-state index is 9.55. The predicted octanol–water partition coefficient (Wildman–Crippen LogP) is 1.37. The summed E-state index contributed by atoms with van der Waals surface area (Å²) in [7, 11) is 0. The third-order valence-electron chi connectivity index (χ3n) is 2.82. The quantitative estimate of drug-likeness (QED) is 0.721. The van der Waals surface area contributed by atoms with E-state index in [1.165, 1.54) is 0 Å². The molecule has 88 valence electrons. The van der Waals surface area contributed by atoms with Crippen molar-refractivity contribution in [3.8, 4) is 11.5 Å². The van der Waals surface area contributed by atoms with Gasteiger partial charge >= 0.3 is 0 Å². The fourth-order valence-electron chi connectivity index (χ4n) is 1.91. The van der Waals surface area contributed by atoms with E-state index in [0.29, 0.717) is 12.1 Å². The minimum Gasteiger partial charge on any atom is -0.507 e. The van der Waals surface area contributed by atoms with Crippen molar-refractivity contribution in [3.05, 3.63) is 23.8 Å². The molecule has 0 radical (unpaired) electrons. The minimum absolute atomic E-state index is 0.125. The van der Waals surface area contributed by atoms with Crippen LogP contribution in [0.1, 0.15) is 18.4 Å². The van der Waals surface area contributed by atoms with E-state index in [2.05, 4.69) is 5.32 Å². The molecule has 0 unspecified atom stereocenters. The van der Waals surface area contributed by atoms with Crippen LogP contribution < -0.4 is 5.32 Å². The predicted molar refractivity (Wildman–Crippen MR) is 60.5 cm³/mol. The van der Waals surface area contributed by atoms with Gasteiger partial charge in [-0.1, -0.05) is 6.07 Å². The Morgan fingerprint density at radius 3 is 2.69 bits per heavy atom. The summed E-state index contributed by atoms with van der Waals surface area (Å²) >= 11 is 0. The van der Waals surface area contributed by atoms with Crippen LogP contribution >= 0.6 is 0 Å². The molecule has 16 heavy (non-hydrogen) atoms. The molecule has 1 fully saturated rings. The lowest BCUT2D eigenvalue weighted by molar-refractivity contribution is 0.110. The number of phenolic OH excluding ortho intramolecular Hbond substituents is 2. The summed E-state index contributed by atoms with van der Waals surface area (Å²) < 4.78 is 5.46. The Morgan fingerprint density at radius 1 is 1.31 bits per heavy atom. The Morgan fingerprint density at radius 2 is 2.06 bits per heavy atom. The van der Waals surface area contributed by atoms with E-state index in [1.807, 2.05) is 0 Å². The first-order chi connectivity index (χ1) is 7.77. The number of hydrogen-bond donors (Lipinski definition) is 3. The summed E-state index contributed by atoms with van der Waals surface area (Å²) in [5, 5.41) is 22.3. The van der Waals surface area contributed by atoms with Gasteiger partial charge in [0.1, 0.15) is 11.5 Å². The van der Waals surface area contributed by atoms with Gasteiger partial charge in [-0.15, -0.1) is 0 Å². The van der Waals surface area contributed by atoms with Gasteiger partial charge in [0.15, 0.2) is 0 Å². The molecule has 0 aromatic heterocycles. The fraction of sp³-hybridized carbons (Fsp3) is 0.500. The summed E-state index contributed by atoms with van der Waals surface area (Å²) in [4.78, 5) is 0. The van der Waals surface area contributed by atoms with Gasteiger partial charge in [-0.2, -0.15) is 0 Å². The van der Waals surface area contributed by atoms with Crippen molar-refractivity contribution in [1.29, 1.82) is 0 Å². The molecule has 1 atom stereocenters. The van der Waals surface area contributed by atoms with E-state index in [0.717, 1.165) is 26.0 Å². The zero-order valence-electron chi connectivity index (χ0n) is 9.15. The van der Waals surface area contributed by atoms with E-state index >= 15 is 0 Å². The first-order valence-corrected chi connectivity index (χ1v) is 5.59. The molecule has 1 saturated heterocycles. The molecule has 1 aromatic carbocycles. The topological polar surface area (TPSA) is 61.7 Å². The molecule has 4 heteroatoms. The zero-order valence-corrected chi connectivity index (χ0v) is 9.15. The van der Waals surface area contributed by atoms with Crippen LogP contribution in [0.5, 0.6) is 11.5 Å². The number of benzene rings is 1. The molecule has 0 amide bonds. The van der Waals surface area contributed by atoms with Crippen molar-refractivity contribution in [3.63, 3.8) is 0 Å². The van der Waals surface area contributed by atoms with Crippen molar-refractivity contribution in [2.75, 3.05) is 13.2 Å². The van der Waals surface area contributed by atoms with E-state index in [4.69, 9.17) is 4.74 Å². The molecule has 3 N–H and O–H groups in total. The van der Waals surface area contributed by atoms with E-state index < -0.39 is 0 Å². The van der Waals surface area contributed by atoms with Crippen LogP contribution in [0.3, 0.4) is 0 Å². The van der Waals surface area contributed by atoms with Crippen molar-refractivity contribution in [1.82, 2.24) is 5.32 Å². The van der Waals surface area contributed by atoms with E-state index in [9.17, 15) is 10.2 Å². The summed E-state index contributed by atoms with van der Waals surface area (Å²) in [6.45, 7) is 2.06. The first kappa shape index (κ1) is 11.2. The number of aromatic hydroxyl groups is 2. The summed E-state index contributed by atoms with van der Waals surface area (Å²) in [6.07, 6.45) is 2.47. The Hall–Kier alpha value is -1.26. The lowest BCUT2D eigenvalue weighted by atomic mass is 10.1. The van der Waals surface area contributed by atoms with Gasteiger partial charge in [-0.25, -0.2) is 0 Å². The summed E-state index contributed by atoms with van der Waals surface area (Å²) in [6, 6.07) is 4.76. The van der Waals surface area contributed by atoms with Gasteiger partial charge in [0.2, 0.25) is 0 Å². The van der Waals surface area contributed by atoms with E-state index in [1.54, 1.807) is 18.2 Å². The van der Waals surface area contributed by atoms with Crippen LogP contribution in [0.25, 0.3) is 0 Å². The highest BCUT2D eigenvalue weighted by Gasteiger charge is 2.15. The third kappa shape index (κ3) is 2.65. The second kappa shape index (κ2) is 5.18. The molecular formula is C12H17NO3. The molecule has 0 aliphatic carbocycles. The van der Waals surface area contributed by atoms with Crippen molar-refractivity contribution in [2.45, 2.75) is 25.5 Å². The van der Waals surface area contributed by atoms with Crippen LogP contribution in [-0.2, 0) is 11.3 Å². The highest BCUT2D eigenvalue weighted by atomic mass is 16.5. The Kier molecular flexibility index (Phi) is 3.64. The Balaban J connectivity index is 1.84. The summed E-state index contributed by atoms with van der Waals surface area (Å²) in [5.41, 5.74) is 0.542. The van der Waals surface area contributed by atoms with Gasteiger partial charge in [0, 0.05) is 25.3 Å². The van der Waals surface area contributed by atoms with Gasteiger partial charge in [0.25, 0.3) is 0 Å². The maximum Gasteiger partial charge on any atom is 0.123 e. The average Bonchev–Trinajstić information content (AvgIpc) is 2.75. The molecule has 1 heterocycles. The van der Waals surface area contributed by atoms with Crippen molar-refractivity contribution in [2.24, 2.45) is 0 Å². The van der Waals surface area contributed by atoms with Crippen LogP contribution in [-0.4, -0.2) is 29.5 Å². The lowest BCUT2D eigenvalue weighted by Gasteiger charge is -2.12. The van der Waals surface area contributed by atoms with Crippen LogP contribution in [0.2, 0.25) is 0 Å². The molecule has 1 aliphatic heterocycles. The second-order valence-corrected chi connectivity index (χ2v) is 4.04. The van der Waals surface area contributed by atoms with Crippen molar-refractivity contribution >= 4 is 0 Å². The van der Waals surface area contributed by atoms with Crippen LogP contribution in [0.4, 0.5) is 0 Å². The van der Waals surface area contributed by atoms with Crippen molar-refractivity contribution < 1.29 is 14.9 Å². The second-order valence-electron chi connectivity index (χ2n) is 4.04. The van der Waals surface area contributed by atoms with Crippen LogP contribution in [0, 0.1) is 0 Å². The monoisotopic (exact) mass is 223 g/mol. The highest BCUT2D eigenvalue weighted by molar-refractivity contribution is 5.42. The Labute approximate surface area is 94.9 Å². The minimum atomic E-state index is 0.125. The standard InChI is InChI=1S/C12H17NO3/c14-11-4-1-5-12(15)10(11)8-13-7-9-3-2-6-16-9/h1,4-5,9,13-15H,2-3,6-8H2/t9-/m0/s1. The normalized spacial score (nSPS) is 20.1. The molecule has 1 aromatic rings. The van der Waals surface area contributed by atoms with Gasteiger partial charge in [-0.05, 0) is 25.0 Å². The molecule has 4 nitrogen and oxygen atoms in total. The van der Waals surface area contributed by atoms with Gasteiger partial charge in [0.05, 0.1) is 6.10 Å². The fourth-order valence-corrected chi connectivity index (χ4v) is 1.91. The molecule has 0 bridgehead atoms. The molecule has 0 spiro atoms. The number of rotatable bonds is 4. The SMILES string of the molecule is Oc1cccc(O)c1CNC[C@@H]1CCCO1. The molecule has 0 saturated carbocycles. The molecule has 2 rings (SSSR count).